The van der Waals surface area contributed by atoms with Gasteiger partial charge in [0.05, 0.1) is 5.92 Å². The summed E-state index contributed by atoms with van der Waals surface area (Å²) in [6.45, 7) is 3.83. The molecule has 1 N–H and O–H groups in total. The Hall–Kier alpha value is -3.41. The quantitative estimate of drug-likeness (QED) is 0.706. The van der Waals surface area contributed by atoms with E-state index in [1.54, 1.807) is 11.1 Å². The van der Waals surface area contributed by atoms with E-state index in [1.807, 2.05) is 29.3 Å². The molecule has 1 atom stereocenters. The Morgan fingerprint density at radius 1 is 1.23 bits per heavy atom. The molecule has 4 heterocycles. The standard InChI is InChI=1S/C25H26N4O2/c1-2-17-5-7-20(8-6-17)29-16-19(14-23(29)30)25(31)28-12-9-18(10-13-28)22-15-27-24-21(22)4-3-11-26-24/h3-9,11,15,19H,2,10,12-14,16H2,1H3,(H,26,27). The van der Waals surface area contributed by atoms with Crippen LogP contribution in [0.5, 0.6) is 0 Å². The van der Waals surface area contributed by atoms with Gasteiger partial charge in [0.15, 0.2) is 0 Å². The Morgan fingerprint density at radius 2 is 2.06 bits per heavy atom. The van der Waals surface area contributed by atoms with Crippen LogP contribution in [0.25, 0.3) is 16.6 Å². The number of H-pyrrole nitrogens is 1. The van der Waals surface area contributed by atoms with Gasteiger partial charge in [-0.05, 0) is 48.2 Å². The molecular formula is C25H26N4O2. The van der Waals surface area contributed by atoms with Crippen LogP contribution in [-0.4, -0.2) is 46.3 Å². The number of aryl methyl sites for hydroxylation is 1. The first-order valence-corrected chi connectivity index (χ1v) is 10.9. The van der Waals surface area contributed by atoms with Gasteiger partial charge in [0.1, 0.15) is 5.65 Å². The number of amides is 2. The van der Waals surface area contributed by atoms with Crippen molar-refractivity contribution in [1.82, 2.24) is 14.9 Å². The highest BCUT2D eigenvalue weighted by Gasteiger charge is 2.37. The molecule has 2 aliphatic rings. The largest absolute Gasteiger partial charge is 0.346 e. The van der Waals surface area contributed by atoms with Crippen molar-refractivity contribution in [2.24, 2.45) is 5.92 Å². The maximum absolute atomic E-state index is 13.1. The number of carbonyl (C=O) groups excluding carboxylic acids is 2. The molecule has 1 unspecified atom stereocenters. The number of carbonyl (C=O) groups is 2. The zero-order chi connectivity index (χ0) is 21.4. The maximum Gasteiger partial charge on any atom is 0.228 e. The topological polar surface area (TPSA) is 69.3 Å². The number of fused-ring (bicyclic) bond motifs is 1. The number of pyridine rings is 1. The zero-order valence-electron chi connectivity index (χ0n) is 17.7. The summed E-state index contributed by atoms with van der Waals surface area (Å²) in [5.74, 6) is -0.162. The smallest absolute Gasteiger partial charge is 0.228 e. The molecule has 158 valence electrons. The highest BCUT2D eigenvalue weighted by molar-refractivity contribution is 6.00. The number of benzene rings is 1. The number of rotatable bonds is 4. The van der Waals surface area contributed by atoms with E-state index >= 15 is 0 Å². The third-order valence-electron chi connectivity index (χ3n) is 6.45. The Balaban J connectivity index is 1.26. The molecule has 3 aromatic rings. The van der Waals surface area contributed by atoms with Crippen molar-refractivity contribution in [3.05, 3.63) is 66.0 Å². The summed E-state index contributed by atoms with van der Waals surface area (Å²) >= 11 is 0. The van der Waals surface area contributed by atoms with Crippen LogP contribution in [0.3, 0.4) is 0 Å². The summed E-state index contributed by atoms with van der Waals surface area (Å²) in [5.41, 5.74) is 5.40. The lowest BCUT2D eigenvalue weighted by molar-refractivity contribution is -0.135. The summed E-state index contributed by atoms with van der Waals surface area (Å²) in [7, 11) is 0. The van der Waals surface area contributed by atoms with Gasteiger partial charge in [-0.15, -0.1) is 0 Å². The molecule has 0 bridgehead atoms. The van der Waals surface area contributed by atoms with E-state index in [1.165, 1.54) is 11.1 Å². The molecule has 0 spiro atoms. The van der Waals surface area contributed by atoms with Crippen LogP contribution in [0.1, 0.15) is 30.9 Å². The van der Waals surface area contributed by atoms with Crippen molar-refractivity contribution in [1.29, 1.82) is 0 Å². The number of anilines is 1. The summed E-state index contributed by atoms with van der Waals surface area (Å²) in [6, 6.07) is 12.1. The lowest BCUT2D eigenvalue weighted by atomic mass is 9.98. The van der Waals surface area contributed by atoms with E-state index in [0.29, 0.717) is 19.6 Å². The minimum absolute atomic E-state index is 0.0298. The van der Waals surface area contributed by atoms with Crippen molar-refractivity contribution in [2.45, 2.75) is 26.2 Å². The van der Waals surface area contributed by atoms with Gasteiger partial charge in [-0.25, -0.2) is 4.98 Å². The van der Waals surface area contributed by atoms with E-state index in [2.05, 4.69) is 41.2 Å². The predicted molar refractivity (Wildman–Crippen MR) is 122 cm³/mol. The third-order valence-corrected chi connectivity index (χ3v) is 6.45. The molecule has 2 aliphatic heterocycles. The second kappa shape index (κ2) is 8.02. The second-order valence-corrected chi connectivity index (χ2v) is 8.29. The Morgan fingerprint density at radius 3 is 2.81 bits per heavy atom. The Labute approximate surface area is 181 Å². The van der Waals surface area contributed by atoms with Crippen LogP contribution in [0, 0.1) is 5.92 Å². The Kier molecular flexibility index (Phi) is 5.06. The van der Waals surface area contributed by atoms with Crippen LogP contribution >= 0.6 is 0 Å². The summed E-state index contributed by atoms with van der Waals surface area (Å²) < 4.78 is 0. The minimum atomic E-state index is -0.273. The van der Waals surface area contributed by atoms with Gasteiger partial charge in [-0.2, -0.15) is 0 Å². The van der Waals surface area contributed by atoms with Gasteiger partial charge in [0, 0.05) is 55.1 Å². The fourth-order valence-corrected chi connectivity index (χ4v) is 4.63. The second-order valence-electron chi connectivity index (χ2n) is 8.29. The third kappa shape index (κ3) is 3.63. The number of hydrogen-bond acceptors (Lipinski definition) is 3. The molecule has 6 nitrogen and oxygen atoms in total. The minimum Gasteiger partial charge on any atom is -0.346 e. The molecule has 6 heteroatoms. The van der Waals surface area contributed by atoms with Crippen LogP contribution in [0.2, 0.25) is 0 Å². The van der Waals surface area contributed by atoms with Gasteiger partial charge < -0.3 is 14.8 Å². The summed E-state index contributed by atoms with van der Waals surface area (Å²) in [6.07, 6.45) is 7.97. The fourth-order valence-electron chi connectivity index (χ4n) is 4.63. The first-order valence-electron chi connectivity index (χ1n) is 10.9. The van der Waals surface area contributed by atoms with Crippen LogP contribution in [0.4, 0.5) is 5.69 Å². The highest BCUT2D eigenvalue weighted by atomic mass is 16.2. The summed E-state index contributed by atoms with van der Waals surface area (Å²) in [4.78, 5) is 36.9. The number of nitrogens with zero attached hydrogens (tertiary/aromatic N) is 3. The first kappa shape index (κ1) is 19.5. The first-order chi connectivity index (χ1) is 15.1. The zero-order valence-corrected chi connectivity index (χ0v) is 17.7. The molecule has 31 heavy (non-hydrogen) atoms. The van der Waals surface area contributed by atoms with Crippen LogP contribution < -0.4 is 4.90 Å². The van der Waals surface area contributed by atoms with E-state index in [9.17, 15) is 9.59 Å². The van der Waals surface area contributed by atoms with Gasteiger partial charge in [-0.1, -0.05) is 25.1 Å². The summed E-state index contributed by atoms with van der Waals surface area (Å²) in [5, 5.41) is 1.11. The molecule has 1 saturated heterocycles. The van der Waals surface area contributed by atoms with Crippen molar-refractivity contribution in [3.63, 3.8) is 0 Å². The lowest BCUT2D eigenvalue weighted by Gasteiger charge is -2.28. The molecule has 2 amide bonds. The average Bonchev–Trinajstić information content (AvgIpc) is 3.42. The maximum atomic E-state index is 13.1. The molecule has 5 rings (SSSR count). The van der Waals surface area contributed by atoms with Crippen molar-refractivity contribution in [2.75, 3.05) is 24.5 Å². The van der Waals surface area contributed by atoms with E-state index in [0.717, 1.165) is 35.1 Å². The Bertz CT molecular complexity index is 1160. The fraction of sp³-hybridized carbons (Fsp3) is 0.320. The van der Waals surface area contributed by atoms with Gasteiger partial charge in [-0.3, -0.25) is 9.59 Å². The lowest BCUT2D eigenvalue weighted by Crippen LogP contribution is -2.39. The number of nitrogens with one attached hydrogen (secondary N) is 1. The highest BCUT2D eigenvalue weighted by Crippen LogP contribution is 2.31. The monoisotopic (exact) mass is 414 g/mol. The van der Waals surface area contributed by atoms with Crippen molar-refractivity contribution in [3.8, 4) is 0 Å². The van der Waals surface area contributed by atoms with Gasteiger partial charge in [0.2, 0.25) is 11.8 Å². The molecule has 0 saturated carbocycles. The number of aromatic amines is 1. The van der Waals surface area contributed by atoms with Gasteiger partial charge in [0.25, 0.3) is 0 Å². The molecule has 1 aromatic carbocycles. The van der Waals surface area contributed by atoms with Crippen molar-refractivity contribution >= 4 is 34.1 Å². The number of hydrogen-bond donors (Lipinski definition) is 1. The van der Waals surface area contributed by atoms with E-state index in [-0.39, 0.29) is 24.2 Å². The SMILES string of the molecule is CCc1ccc(N2CC(C(=O)N3CC=C(c4c[nH]c5ncccc45)CC3)CC2=O)cc1. The average molecular weight is 415 g/mol. The molecular weight excluding hydrogens is 388 g/mol. The molecule has 2 aromatic heterocycles. The molecule has 0 radical (unpaired) electrons. The normalized spacial score (nSPS) is 19.2. The van der Waals surface area contributed by atoms with E-state index < -0.39 is 0 Å². The molecule has 1 fully saturated rings. The van der Waals surface area contributed by atoms with Crippen LogP contribution in [0.15, 0.2) is 54.9 Å². The number of aromatic nitrogens is 2. The van der Waals surface area contributed by atoms with E-state index in [4.69, 9.17) is 0 Å². The van der Waals surface area contributed by atoms with Crippen LogP contribution in [-0.2, 0) is 16.0 Å². The van der Waals surface area contributed by atoms with Crippen molar-refractivity contribution < 1.29 is 9.59 Å². The predicted octanol–water partition coefficient (Wildman–Crippen LogP) is 3.79. The molecule has 0 aliphatic carbocycles. The van der Waals surface area contributed by atoms with Gasteiger partial charge >= 0.3 is 0 Å².